The van der Waals surface area contributed by atoms with Gasteiger partial charge in [-0.3, -0.25) is 0 Å². The van der Waals surface area contributed by atoms with E-state index in [2.05, 4.69) is 10.1 Å². The molecule has 0 saturated heterocycles. The van der Waals surface area contributed by atoms with Crippen LogP contribution in [0.4, 0.5) is 0 Å². The predicted molar refractivity (Wildman–Crippen MR) is 91.6 cm³/mol. The Balaban J connectivity index is 2.00. The predicted octanol–water partition coefficient (Wildman–Crippen LogP) is 3.64. The van der Waals surface area contributed by atoms with Crippen LogP contribution >= 0.6 is 11.3 Å². The fourth-order valence-electron chi connectivity index (χ4n) is 2.39. The van der Waals surface area contributed by atoms with Gasteiger partial charge in [0.1, 0.15) is 0 Å². The minimum Gasteiger partial charge on any atom is -0.462 e. The van der Waals surface area contributed by atoms with Gasteiger partial charge in [-0.15, -0.1) is 11.3 Å². The number of hydrogen-bond acceptors (Lipinski definition) is 6. The molecule has 3 rings (SSSR count). The normalized spacial score (nSPS) is 10.7. The summed E-state index contributed by atoms with van der Waals surface area (Å²) in [5, 5.41) is 15.5. The number of carbonyl (C=O) groups is 1. The maximum absolute atomic E-state index is 12.5. The van der Waals surface area contributed by atoms with E-state index >= 15 is 0 Å². The molecule has 0 aliphatic rings. The van der Waals surface area contributed by atoms with Gasteiger partial charge in [0.25, 0.3) is 0 Å². The second-order valence-corrected chi connectivity index (χ2v) is 6.08. The highest BCUT2D eigenvalue weighted by Crippen LogP contribution is 2.28. The first-order chi connectivity index (χ1) is 11.7. The van der Waals surface area contributed by atoms with Crippen LogP contribution in [0.2, 0.25) is 0 Å². The number of unbranched alkanes of at least 4 members (excludes halogenated alkanes) is 1. The number of pyridine rings is 1. The molecule has 0 fully saturated rings. The third kappa shape index (κ3) is 3.14. The Morgan fingerprint density at radius 3 is 3.08 bits per heavy atom. The summed E-state index contributed by atoms with van der Waals surface area (Å²) in [5.41, 5.74) is 1.86. The Morgan fingerprint density at radius 2 is 2.38 bits per heavy atom. The molecule has 0 aromatic carbocycles. The van der Waals surface area contributed by atoms with Crippen molar-refractivity contribution >= 4 is 28.3 Å². The number of hydrogen-bond donors (Lipinski definition) is 0. The van der Waals surface area contributed by atoms with Crippen LogP contribution in [-0.4, -0.2) is 27.3 Å². The topological polar surface area (TPSA) is 80.8 Å². The van der Waals surface area contributed by atoms with Crippen molar-refractivity contribution in [3.63, 3.8) is 0 Å². The van der Waals surface area contributed by atoms with Crippen LogP contribution < -0.4 is 0 Å². The lowest BCUT2D eigenvalue weighted by atomic mass is 10.1. The van der Waals surface area contributed by atoms with Crippen molar-refractivity contribution in [1.29, 1.82) is 5.26 Å². The number of rotatable bonds is 6. The second-order valence-electron chi connectivity index (χ2n) is 5.13. The number of ether oxygens (including phenoxy) is 1. The fourth-order valence-corrected chi connectivity index (χ4v) is 3.08. The first-order valence-electron chi connectivity index (χ1n) is 7.69. The molecule has 122 valence electrons. The van der Waals surface area contributed by atoms with Gasteiger partial charge >= 0.3 is 5.97 Å². The first-order valence-corrected chi connectivity index (χ1v) is 8.57. The Kier molecular flexibility index (Phi) is 4.87. The smallest absolute Gasteiger partial charge is 0.339 e. The Morgan fingerprint density at radius 1 is 1.50 bits per heavy atom. The maximum atomic E-state index is 12.5. The monoisotopic (exact) mass is 340 g/mol. The summed E-state index contributed by atoms with van der Waals surface area (Å²) in [6.07, 6.45) is 2.55. The van der Waals surface area contributed by atoms with Crippen LogP contribution in [0.5, 0.6) is 0 Å². The van der Waals surface area contributed by atoms with E-state index in [0.717, 1.165) is 10.6 Å². The van der Waals surface area contributed by atoms with Crippen LogP contribution in [0.15, 0.2) is 29.8 Å². The van der Waals surface area contributed by atoms with E-state index < -0.39 is 5.97 Å². The summed E-state index contributed by atoms with van der Waals surface area (Å²) in [5.74, 6) is -0.409. The van der Waals surface area contributed by atoms with E-state index in [4.69, 9.17) is 10.00 Å². The number of nitriles is 1. The summed E-state index contributed by atoms with van der Waals surface area (Å²) >= 11 is 1.57. The van der Waals surface area contributed by atoms with Crippen molar-refractivity contribution in [2.75, 3.05) is 6.61 Å². The van der Waals surface area contributed by atoms with E-state index in [1.165, 1.54) is 0 Å². The number of nitrogens with zero attached hydrogens (tertiary/aromatic N) is 4. The van der Waals surface area contributed by atoms with Crippen molar-refractivity contribution < 1.29 is 9.53 Å². The first kappa shape index (κ1) is 16.1. The number of esters is 1. The fraction of sp³-hybridized carbons (Fsp3) is 0.294. The van der Waals surface area contributed by atoms with Crippen LogP contribution in [0.25, 0.3) is 21.6 Å². The zero-order valence-corrected chi connectivity index (χ0v) is 14.0. The zero-order chi connectivity index (χ0) is 16.9. The summed E-state index contributed by atoms with van der Waals surface area (Å²) in [4.78, 5) is 18.1. The minimum absolute atomic E-state index is 0.229. The van der Waals surface area contributed by atoms with Gasteiger partial charge in [-0.2, -0.15) is 10.4 Å². The van der Waals surface area contributed by atoms with Gasteiger partial charge < -0.3 is 4.74 Å². The third-order valence-corrected chi connectivity index (χ3v) is 4.46. The quantitative estimate of drug-likeness (QED) is 0.505. The van der Waals surface area contributed by atoms with E-state index in [-0.39, 0.29) is 6.61 Å². The van der Waals surface area contributed by atoms with Crippen molar-refractivity contribution in [2.24, 2.45) is 0 Å². The molecule has 0 N–H and O–H groups in total. The molecule has 0 radical (unpaired) electrons. The van der Waals surface area contributed by atoms with Gasteiger partial charge in [-0.1, -0.05) is 6.07 Å². The molecule has 7 heteroatoms. The lowest BCUT2D eigenvalue weighted by molar-refractivity contribution is 0.0504. The number of aryl methyl sites for hydroxylation is 1. The van der Waals surface area contributed by atoms with Gasteiger partial charge in [0.05, 0.1) is 40.4 Å². The highest BCUT2D eigenvalue weighted by atomic mass is 32.1. The highest BCUT2D eigenvalue weighted by molar-refractivity contribution is 7.13. The van der Waals surface area contributed by atoms with E-state index in [1.807, 2.05) is 30.5 Å². The maximum Gasteiger partial charge on any atom is 0.339 e. The molecular formula is C17H16N4O2S. The highest BCUT2D eigenvalue weighted by Gasteiger charge is 2.18. The van der Waals surface area contributed by atoms with E-state index in [9.17, 15) is 4.79 Å². The van der Waals surface area contributed by atoms with E-state index in [1.54, 1.807) is 28.3 Å². The summed E-state index contributed by atoms with van der Waals surface area (Å²) in [7, 11) is 0. The number of fused-ring (bicyclic) bond motifs is 1. The van der Waals surface area contributed by atoms with Crippen LogP contribution in [0.3, 0.4) is 0 Å². The summed E-state index contributed by atoms with van der Waals surface area (Å²) in [6, 6.07) is 7.70. The van der Waals surface area contributed by atoms with E-state index in [0.29, 0.717) is 36.0 Å². The van der Waals surface area contributed by atoms with Gasteiger partial charge in [0, 0.05) is 13.0 Å². The third-order valence-electron chi connectivity index (χ3n) is 3.57. The lowest BCUT2D eigenvalue weighted by Gasteiger charge is -2.07. The number of carbonyl (C=O) groups excluding carboxylic acids is 1. The summed E-state index contributed by atoms with van der Waals surface area (Å²) < 4.78 is 7.06. The van der Waals surface area contributed by atoms with Gasteiger partial charge in [-0.05, 0) is 30.9 Å². The minimum atomic E-state index is -0.409. The van der Waals surface area contributed by atoms with Crippen molar-refractivity contribution in [3.8, 4) is 16.6 Å². The Labute approximate surface area is 143 Å². The number of thiophene rings is 1. The zero-order valence-electron chi connectivity index (χ0n) is 13.2. The summed E-state index contributed by atoms with van der Waals surface area (Å²) in [6.45, 7) is 2.87. The van der Waals surface area contributed by atoms with Crippen LogP contribution in [-0.2, 0) is 11.3 Å². The molecule has 0 saturated carbocycles. The molecule has 0 aliphatic heterocycles. The molecule has 0 atom stereocenters. The van der Waals surface area contributed by atoms with Crippen LogP contribution in [0.1, 0.15) is 30.1 Å². The largest absolute Gasteiger partial charge is 0.462 e. The van der Waals surface area contributed by atoms with Gasteiger partial charge in [0.15, 0.2) is 5.65 Å². The lowest BCUT2D eigenvalue weighted by Crippen LogP contribution is -2.08. The molecule has 0 unspecified atom stereocenters. The standard InChI is InChI=1S/C17H16N4O2S/c1-2-21-16-13(11-19-21)12(17(22)23-8-4-3-7-18)10-14(20-16)15-6-5-9-24-15/h5-6,9-11H,2-4,8H2,1H3. The van der Waals surface area contributed by atoms with Crippen molar-refractivity contribution in [1.82, 2.24) is 14.8 Å². The molecule has 3 heterocycles. The Bertz CT molecular complexity index is 893. The average molecular weight is 340 g/mol. The van der Waals surface area contributed by atoms with Crippen molar-refractivity contribution in [2.45, 2.75) is 26.3 Å². The average Bonchev–Trinajstić information content (AvgIpc) is 3.26. The molecule has 3 aromatic heterocycles. The molecule has 6 nitrogen and oxygen atoms in total. The second kappa shape index (κ2) is 7.23. The molecular weight excluding hydrogens is 324 g/mol. The Hall–Kier alpha value is -2.72. The molecule has 0 amide bonds. The molecule has 24 heavy (non-hydrogen) atoms. The van der Waals surface area contributed by atoms with Crippen LogP contribution in [0, 0.1) is 11.3 Å². The SMILES string of the molecule is CCn1ncc2c(C(=O)OCCCC#N)cc(-c3cccs3)nc21. The van der Waals surface area contributed by atoms with Gasteiger partial charge in [0.2, 0.25) is 0 Å². The molecule has 0 spiro atoms. The van der Waals surface area contributed by atoms with Gasteiger partial charge in [-0.25, -0.2) is 14.5 Å². The van der Waals surface area contributed by atoms with Crippen molar-refractivity contribution in [3.05, 3.63) is 35.3 Å². The number of aromatic nitrogens is 3. The molecule has 0 aliphatic carbocycles. The molecule has 3 aromatic rings. The molecule has 0 bridgehead atoms.